The average molecular weight is 848 g/mol. The van der Waals surface area contributed by atoms with Gasteiger partial charge in [-0.2, -0.15) is 0 Å². The van der Waals surface area contributed by atoms with Crippen molar-refractivity contribution >= 4 is 11.9 Å². The molecule has 0 fully saturated rings. The number of allylic oxidation sites excluding steroid dienone is 2. The molecular formula is C54H105NO5. The van der Waals surface area contributed by atoms with Crippen molar-refractivity contribution in [3.05, 3.63) is 12.2 Å². The second-order valence-corrected chi connectivity index (χ2v) is 18.6. The van der Waals surface area contributed by atoms with Crippen LogP contribution in [0.5, 0.6) is 0 Å². The van der Waals surface area contributed by atoms with Crippen molar-refractivity contribution in [2.24, 2.45) is 0 Å². The van der Waals surface area contributed by atoms with Gasteiger partial charge in [0.1, 0.15) is 0 Å². The molecule has 0 radical (unpaired) electrons. The SMILES string of the molecule is CCCCCCCCCCCCCCCCCCCCCCC(O)C(CO)NC(=O)CCCCCCC/C=C\CCCCOC(=O)CCCCCCCCCCCCCC. The molecule has 1 amide bonds. The third-order valence-electron chi connectivity index (χ3n) is 12.6. The van der Waals surface area contributed by atoms with Gasteiger partial charge in [-0.15, -0.1) is 0 Å². The zero-order valence-electron chi connectivity index (χ0n) is 40.5. The number of unbranched alkanes of at least 4 members (excludes halogenated alkanes) is 37. The monoisotopic (exact) mass is 848 g/mol. The zero-order chi connectivity index (χ0) is 43.7. The number of carbonyl (C=O) groups is 2. The van der Waals surface area contributed by atoms with Gasteiger partial charge in [0.25, 0.3) is 0 Å². The fourth-order valence-corrected chi connectivity index (χ4v) is 8.40. The summed E-state index contributed by atoms with van der Waals surface area (Å²) in [5, 5.41) is 23.3. The molecule has 356 valence electrons. The van der Waals surface area contributed by atoms with Crippen LogP contribution < -0.4 is 5.32 Å². The summed E-state index contributed by atoms with van der Waals surface area (Å²) in [6.45, 7) is 4.89. The molecule has 0 aliphatic heterocycles. The van der Waals surface area contributed by atoms with Crippen LogP contribution in [-0.2, 0) is 14.3 Å². The molecule has 0 aromatic heterocycles. The maximum atomic E-state index is 12.5. The number of aliphatic hydroxyl groups is 2. The molecule has 2 atom stereocenters. The van der Waals surface area contributed by atoms with E-state index in [0.29, 0.717) is 25.9 Å². The Labute approximate surface area is 374 Å². The van der Waals surface area contributed by atoms with Crippen LogP contribution >= 0.6 is 0 Å². The van der Waals surface area contributed by atoms with E-state index >= 15 is 0 Å². The fourth-order valence-electron chi connectivity index (χ4n) is 8.40. The first-order valence-electron chi connectivity index (χ1n) is 26.9. The van der Waals surface area contributed by atoms with Crippen LogP contribution in [0.4, 0.5) is 0 Å². The average Bonchev–Trinajstić information content (AvgIpc) is 3.25. The van der Waals surface area contributed by atoms with Crippen LogP contribution in [0.3, 0.4) is 0 Å². The number of hydrogen-bond donors (Lipinski definition) is 3. The second kappa shape index (κ2) is 50.2. The van der Waals surface area contributed by atoms with Gasteiger partial charge in [0.15, 0.2) is 0 Å². The molecule has 0 aliphatic carbocycles. The molecule has 0 aromatic rings. The highest BCUT2D eigenvalue weighted by Crippen LogP contribution is 2.17. The van der Waals surface area contributed by atoms with Gasteiger partial charge in [-0.05, 0) is 51.4 Å². The minimum absolute atomic E-state index is 0.0298. The molecule has 3 N–H and O–H groups in total. The normalized spacial score (nSPS) is 12.7. The highest BCUT2D eigenvalue weighted by molar-refractivity contribution is 5.76. The molecule has 6 nitrogen and oxygen atoms in total. The molecule has 0 saturated carbocycles. The lowest BCUT2D eigenvalue weighted by Crippen LogP contribution is -2.45. The third-order valence-corrected chi connectivity index (χ3v) is 12.6. The van der Waals surface area contributed by atoms with E-state index in [1.165, 1.54) is 186 Å². The summed E-state index contributed by atoms with van der Waals surface area (Å²) in [5.74, 6) is -0.0910. The number of nitrogens with one attached hydrogen (secondary N) is 1. The van der Waals surface area contributed by atoms with E-state index in [-0.39, 0.29) is 18.5 Å². The maximum absolute atomic E-state index is 12.5. The van der Waals surface area contributed by atoms with E-state index in [1.54, 1.807) is 0 Å². The maximum Gasteiger partial charge on any atom is 0.305 e. The van der Waals surface area contributed by atoms with Crippen molar-refractivity contribution in [1.29, 1.82) is 0 Å². The Morgan fingerprint density at radius 2 is 0.783 bits per heavy atom. The summed E-state index contributed by atoms with van der Waals surface area (Å²) in [5.41, 5.74) is 0. The minimum atomic E-state index is -0.682. The van der Waals surface area contributed by atoms with E-state index in [2.05, 4.69) is 31.3 Å². The number of aliphatic hydroxyl groups excluding tert-OH is 2. The third kappa shape index (κ3) is 46.1. The van der Waals surface area contributed by atoms with Crippen molar-refractivity contribution in [3.8, 4) is 0 Å². The number of esters is 1. The summed E-state index contributed by atoms with van der Waals surface area (Å²) < 4.78 is 5.43. The van der Waals surface area contributed by atoms with Crippen molar-refractivity contribution in [2.75, 3.05) is 13.2 Å². The first kappa shape index (κ1) is 58.6. The van der Waals surface area contributed by atoms with Crippen LogP contribution in [0.2, 0.25) is 0 Å². The standard InChI is InChI=1S/C54H105NO5/c1-3-5-7-9-11-13-15-17-18-19-20-21-22-23-24-26-30-34-38-42-46-52(57)51(50-56)55-53(58)47-43-39-35-31-27-25-29-33-37-41-45-49-60-54(59)48-44-40-36-32-28-16-14-12-10-8-6-4-2/h29,33,51-52,56-57H,3-28,30-32,34-50H2,1-2H3,(H,55,58)/b33-29-. The van der Waals surface area contributed by atoms with Crippen LogP contribution in [0.15, 0.2) is 12.2 Å². The molecule has 6 heteroatoms. The molecule has 0 aliphatic rings. The number of carbonyl (C=O) groups excluding carboxylic acids is 2. The number of amides is 1. The van der Waals surface area contributed by atoms with E-state index in [0.717, 1.165) is 77.0 Å². The lowest BCUT2D eigenvalue weighted by molar-refractivity contribution is -0.143. The minimum Gasteiger partial charge on any atom is -0.466 e. The Morgan fingerprint density at radius 1 is 0.450 bits per heavy atom. The van der Waals surface area contributed by atoms with E-state index in [1.807, 2.05) is 0 Å². The fraction of sp³-hybridized carbons (Fsp3) is 0.926. The van der Waals surface area contributed by atoms with Crippen LogP contribution in [0.1, 0.15) is 296 Å². The Hall–Kier alpha value is -1.40. The topological polar surface area (TPSA) is 95.9 Å². The van der Waals surface area contributed by atoms with E-state index in [9.17, 15) is 19.8 Å². The first-order valence-corrected chi connectivity index (χ1v) is 26.9. The van der Waals surface area contributed by atoms with Gasteiger partial charge in [-0.1, -0.05) is 244 Å². The van der Waals surface area contributed by atoms with Crippen LogP contribution in [-0.4, -0.2) is 47.4 Å². The van der Waals surface area contributed by atoms with Gasteiger partial charge in [-0.3, -0.25) is 9.59 Å². The van der Waals surface area contributed by atoms with Crippen LogP contribution in [0, 0.1) is 0 Å². The number of ether oxygens (including phenoxy) is 1. The largest absolute Gasteiger partial charge is 0.466 e. The van der Waals surface area contributed by atoms with Gasteiger partial charge in [0.05, 0.1) is 25.4 Å². The molecule has 0 rings (SSSR count). The highest BCUT2D eigenvalue weighted by atomic mass is 16.5. The lowest BCUT2D eigenvalue weighted by atomic mass is 10.0. The molecule has 0 heterocycles. The van der Waals surface area contributed by atoms with Crippen molar-refractivity contribution in [3.63, 3.8) is 0 Å². The first-order chi connectivity index (χ1) is 29.5. The summed E-state index contributed by atoms with van der Waals surface area (Å²) >= 11 is 0. The molecule has 0 spiro atoms. The van der Waals surface area contributed by atoms with Crippen molar-refractivity contribution in [1.82, 2.24) is 5.32 Å². The van der Waals surface area contributed by atoms with E-state index in [4.69, 9.17) is 4.74 Å². The zero-order valence-corrected chi connectivity index (χ0v) is 40.5. The summed E-state index contributed by atoms with van der Waals surface area (Å²) in [7, 11) is 0. The van der Waals surface area contributed by atoms with Crippen LogP contribution in [0.25, 0.3) is 0 Å². The Bertz CT molecular complexity index is 893. The molecular weight excluding hydrogens is 743 g/mol. The molecule has 2 unspecified atom stereocenters. The highest BCUT2D eigenvalue weighted by Gasteiger charge is 2.20. The van der Waals surface area contributed by atoms with Gasteiger partial charge in [0.2, 0.25) is 5.91 Å². The van der Waals surface area contributed by atoms with Gasteiger partial charge in [0, 0.05) is 12.8 Å². The van der Waals surface area contributed by atoms with Crippen molar-refractivity contribution in [2.45, 2.75) is 309 Å². The Morgan fingerprint density at radius 3 is 1.18 bits per heavy atom. The molecule has 0 aromatic carbocycles. The Kier molecular flexibility index (Phi) is 49.1. The lowest BCUT2D eigenvalue weighted by Gasteiger charge is -2.22. The second-order valence-electron chi connectivity index (χ2n) is 18.6. The predicted molar refractivity (Wildman–Crippen MR) is 260 cm³/mol. The quantitative estimate of drug-likeness (QED) is 0.0322. The molecule has 60 heavy (non-hydrogen) atoms. The molecule has 0 bridgehead atoms. The van der Waals surface area contributed by atoms with Gasteiger partial charge in [-0.25, -0.2) is 0 Å². The summed E-state index contributed by atoms with van der Waals surface area (Å²) in [6.07, 6.45) is 57.6. The predicted octanol–water partition coefficient (Wildman–Crippen LogP) is 16.1. The Balaban J connectivity index is 3.50. The molecule has 0 saturated heterocycles. The smallest absolute Gasteiger partial charge is 0.305 e. The van der Waals surface area contributed by atoms with E-state index < -0.39 is 12.1 Å². The number of rotatable bonds is 50. The summed E-state index contributed by atoms with van der Waals surface area (Å²) in [6, 6.07) is -0.562. The summed E-state index contributed by atoms with van der Waals surface area (Å²) in [4.78, 5) is 24.5. The van der Waals surface area contributed by atoms with Gasteiger partial charge >= 0.3 is 5.97 Å². The van der Waals surface area contributed by atoms with Gasteiger partial charge < -0.3 is 20.3 Å². The number of hydrogen-bond acceptors (Lipinski definition) is 5. The van der Waals surface area contributed by atoms with Crippen molar-refractivity contribution < 1.29 is 24.5 Å².